The summed E-state index contributed by atoms with van der Waals surface area (Å²) in [7, 11) is 3.92. The maximum absolute atomic E-state index is 5.47. The normalized spacial score (nSPS) is 27.5. The number of benzene rings is 1. The zero-order chi connectivity index (χ0) is 11.1. The summed E-state index contributed by atoms with van der Waals surface area (Å²) in [4.78, 5) is 2.34. The summed E-state index contributed by atoms with van der Waals surface area (Å²) in [5, 5.41) is 3.50. The first-order valence-electron chi connectivity index (χ1n) is 5.90. The maximum Gasteiger partial charge on any atom is 0.142 e. The molecule has 0 bridgehead atoms. The van der Waals surface area contributed by atoms with Gasteiger partial charge in [-0.1, -0.05) is 12.1 Å². The van der Waals surface area contributed by atoms with Gasteiger partial charge in [-0.05, 0) is 17.5 Å². The van der Waals surface area contributed by atoms with Gasteiger partial charge in [-0.2, -0.15) is 0 Å². The van der Waals surface area contributed by atoms with Crippen LogP contribution in [0.1, 0.15) is 11.5 Å². The molecule has 2 heterocycles. The molecular weight excluding hydrogens is 200 g/mol. The molecule has 0 spiro atoms. The Kier molecular flexibility index (Phi) is 2.28. The van der Waals surface area contributed by atoms with Gasteiger partial charge >= 0.3 is 0 Å². The molecule has 2 aliphatic heterocycles. The van der Waals surface area contributed by atoms with Crippen LogP contribution in [0, 0.1) is 5.92 Å². The van der Waals surface area contributed by atoms with Crippen molar-refractivity contribution in [1.82, 2.24) is 5.32 Å². The van der Waals surface area contributed by atoms with Gasteiger partial charge in [-0.25, -0.2) is 0 Å². The Morgan fingerprint density at radius 1 is 1.38 bits per heavy atom. The fourth-order valence-electron chi connectivity index (χ4n) is 3.14. The molecule has 2 atom stereocenters. The van der Waals surface area contributed by atoms with Crippen LogP contribution in [0.3, 0.4) is 0 Å². The second-order valence-electron chi connectivity index (χ2n) is 4.80. The van der Waals surface area contributed by atoms with Gasteiger partial charge in [0.1, 0.15) is 5.75 Å². The van der Waals surface area contributed by atoms with Crippen LogP contribution in [0.15, 0.2) is 18.2 Å². The van der Waals surface area contributed by atoms with Crippen LogP contribution in [0.2, 0.25) is 0 Å². The zero-order valence-corrected chi connectivity index (χ0v) is 9.86. The molecule has 1 aromatic rings. The van der Waals surface area contributed by atoms with Crippen LogP contribution in [0.4, 0.5) is 5.69 Å². The van der Waals surface area contributed by atoms with E-state index in [4.69, 9.17) is 4.74 Å². The smallest absolute Gasteiger partial charge is 0.142 e. The number of anilines is 1. The molecule has 0 aromatic heterocycles. The quantitative estimate of drug-likeness (QED) is 0.772. The first-order valence-corrected chi connectivity index (χ1v) is 5.90. The lowest BCUT2D eigenvalue weighted by Crippen LogP contribution is -2.35. The molecule has 1 fully saturated rings. The second kappa shape index (κ2) is 3.67. The first-order chi connectivity index (χ1) is 7.81. The molecule has 3 rings (SSSR count). The van der Waals surface area contributed by atoms with Crippen molar-refractivity contribution in [2.24, 2.45) is 5.92 Å². The Balaban J connectivity index is 2.12. The van der Waals surface area contributed by atoms with Crippen molar-refractivity contribution in [3.05, 3.63) is 23.8 Å². The fraction of sp³-hybridized carbons (Fsp3) is 0.538. The van der Waals surface area contributed by atoms with Gasteiger partial charge in [0, 0.05) is 32.6 Å². The Morgan fingerprint density at radius 3 is 3.06 bits per heavy atom. The minimum absolute atomic E-state index is 0.668. The Morgan fingerprint density at radius 2 is 2.25 bits per heavy atom. The van der Waals surface area contributed by atoms with Crippen LogP contribution in [0.25, 0.3) is 0 Å². The molecule has 1 saturated heterocycles. The highest BCUT2D eigenvalue weighted by Crippen LogP contribution is 2.44. The summed E-state index contributed by atoms with van der Waals surface area (Å²) in [6.07, 6.45) is 0. The molecule has 0 amide bonds. The third kappa shape index (κ3) is 1.31. The van der Waals surface area contributed by atoms with Crippen molar-refractivity contribution in [2.45, 2.75) is 5.92 Å². The van der Waals surface area contributed by atoms with E-state index in [0.29, 0.717) is 5.92 Å². The largest absolute Gasteiger partial charge is 0.495 e. The highest BCUT2D eigenvalue weighted by atomic mass is 16.5. The van der Waals surface area contributed by atoms with Crippen molar-refractivity contribution < 1.29 is 4.74 Å². The predicted molar refractivity (Wildman–Crippen MR) is 65.4 cm³/mol. The topological polar surface area (TPSA) is 24.5 Å². The van der Waals surface area contributed by atoms with Crippen LogP contribution in [-0.4, -0.2) is 33.8 Å². The number of nitrogens with zero attached hydrogens (tertiary/aromatic N) is 1. The maximum atomic E-state index is 5.47. The SMILES string of the molecule is COc1cccc2c1N(C)CC1CNCC21. The van der Waals surface area contributed by atoms with E-state index in [1.165, 1.54) is 11.3 Å². The van der Waals surface area contributed by atoms with Gasteiger partial charge in [0.15, 0.2) is 0 Å². The number of hydrogen-bond donors (Lipinski definition) is 1. The summed E-state index contributed by atoms with van der Waals surface area (Å²) in [6.45, 7) is 3.38. The van der Waals surface area contributed by atoms with Gasteiger partial charge in [-0.15, -0.1) is 0 Å². The standard InChI is InChI=1S/C13H18N2O/c1-15-8-9-6-14-7-11(9)10-4-3-5-12(16-2)13(10)15/h3-5,9,11,14H,6-8H2,1-2H3. The van der Waals surface area contributed by atoms with Crippen LogP contribution < -0.4 is 15.0 Å². The van der Waals surface area contributed by atoms with Crippen LogP contribution in [0.5, 0.6) is 5.75 Å². The van der Waals surface area contributed by atoms with Gasteiger partial charge < -0.3 is 15.0 Å². The van der Waals surface area contributed by atoms with Crippen molar-refractivity contribution in [3.63, 3.8) is 0 Å². The average Bonchev–Trinajstić information content (AvgIpc) is 2.76. The van der Waals surface area contributed by atoms with E-state index in [2.05, 4.69) is 35.5 Å². The van der Waals surface area contributed by atoms with Gasteiger partial charge in [0.2, 0.25) is 0 Å². The molecule has 2 unspecified atom stereocenters. The number of ether oxygens (including phenoxy) is 1. The Labute approximate surface area is 96.4 Å². The summed E-state index contributed by atoms with van der Waals surface area (Å²) in [6, 6.07) is 6.41. The molecule has 3 heteroatoms. The molecular formula is C13H18N2O. The summed E-state index contributed by atoms with van der Waals surface area (Å²) in [5.74, 6) is 2.43. The van der Waals surface area contributed by atoms with E-state index in [0.717, 1.165) is 31.3 Å². The van der Waals surface area contributed by atoms with Gasteiger partial charge in [-0.3, -0.25) is 0 Å². The number of methoxy groups -OCH3 is 1. The van der Waals surface area contributed by atoms with Crippen molar-refractivity contribution >= 4 is 5.69 Å². The minimum atomic E-state index is 0.668. The lowest BCUT2D eigenvalue weighted by molar-refractivity contribution is 0.407. The monoisotopic (exact) mass is 218 g/mol. The van der Waals surface area contributed by atoms with E-state index < -0.39 is 0 Å². The third-order valence-corrected chi connectivity index (χ3v) is 3.88. The molecule has 2 aliphatic rings. The molecule has 1 N–H and O–H groups in total. The Hall–Kier alpha value is -1.22. The number of para-hydroxylation sites is 1. The number of hydrogen-bond acceptors (Lipinski definition) is 3. The van der Waals surface area contributed by atoms with E-state index >= 15 is 0 Å². The predicted octanol–water partition coefficient (Wildman–Crippen LogP) is 1.45. The zero-order valence-electron chi connectivity index (χ0n) is 9.86. The molecule has 16 heavy (non-hydrogen) atoms. The van der Waals surface area contributed by atoms with E-state index in [1.807, 2.05) is 0 Å². The number of nitrogens with one attached hydrogen (secondary N) is 1. The average molecular weight is 218 g/mol. The minimum Gasteiger partial charge on any atom is -0.495 e. The number of rotatable bonds is 1. The van der Waals surface area contributed by atoms with Gasteiger partial charge in [0.05, 0.1) is 12.8 Å². The molecule has 0 radical (unpaired) electrons. The molecule has 0 saturated carbocycles. The highest BCUT2D eigenvalue weighted by Gasteiger charge is 2.36. The Bertz CT molecular complexity index is 405. The first kappa shape index (κ1) is 9.97. The summed E-state index contributed by atoms with van der Waals surface area (Å²) in [5.41, 5.74) is 2.73. The summed E-state index contributed by atoms with van der Waals surface area (Å²) < 4.78 is 5.47. The highest BCUT2D eigenvalue weighted by molar-refractivity contribution is 5.66. The van der Waals surface area contributed by atoms with Gasteiger partial charge in [0.25, 0.3) is 0 Å². The lowest BCUT2D eigenvalue weighted by atomic mass is 9.84. The third-order valence-electron chi connectivity index (χ3n) is 3.88. The van der Waals surface area contributed by atoms with E-state index in [-0.39, 0.29) is 0 Å². The molecule has 1 aromatic carbocycles. The molecule has 86 valence electrons. The van der Waals surface area contributed by atoms with E-state index in [9.17, 15) is 0 Å². The van der Waals surface area contributed by atoms with Crippen molar-refractivity contribution in [1.29, 1.82) is 0 Å². The second-order valence-corrected chi connectivity index (χ2v) is 4.80. The fourth-order valence-corrected chi connectivity index (χ4v) is 3.14. The van der Waals surface area contributed by atoms with Crippen LogP contribution >= 0.6 is 0 Å². The van der Waals surface area contributed by atoms with E-state index in [1.54, 1.807) is 7.11 Å². The van der Waals surface area contributed by atoms with Crippen molar-refractivity contribution in [3.8, 4) is 5.75 Å². The van der Waals surface area contributed by atoms with Crippen LogP contribution in [-0.2, 0) is 0 Å². The molecule has 3 nitrogen and oxygen atoms in total. The summed E-state index contributed by atoms with van der Waals surface area (Å²) >= 11 is 0. The lowest BCUT2D eigenvalue weighted by Gasteiger charge is -2.36. The van der Waals surface area contributed by atoms with Crippen molar-refractivity contribution in [2.75, 3.05) is 38.7 Å². The number of fused-ring (bicyclic) bond motifs is 3. The molecule has 0 aliphatic carbocycles.